The first kappa shape index (κ1) is 31.0. The van der Waals surface area contributed by atoms with Crippen LogP contribution < -0.4 is 5.73 Å². The quantitative estimate of drug-likeness (QED) is 0.221. The normalized spacial score (nSPS) is 21.8. The van der Waals surface area contributed by atoms with Gasteiger partial charge in [0.2, 0.25) is 0 Å². The standard InChI is InChI=1S/C27H43FN6O2/c1-7-10-20(3)24-12-9-11-22(26(30-5)13-16-32-21(4)29)18-25(28)27(24)36-19-23(35)14-17-34(31-6)33-15-8-2/h11-12,15-16,20,23,35H,4,6-10,13-14,17-19,29H2,1-3,5H3/b22-11+,24-12-,27-25-,30-26+,32-16-,33-15-. The third-order valence-corrected chi connectivity index (χ3v) is 5.63. The average Bonchev–Trinajstić information content (AvgIpc) is 2.83. The molecule has 200 valence electrons. The Hall–Kier alpha value is -3.07. The summed E-state index contributed by atoms with van der Waals surface area (Å²) in [4.78, 5) is 8.33. The third kappa shape index (κ3) is 11.1. The number of hydrogen-bond acceptors (Lipinski definition) is 8. The second-order valence-electron chi connectivity index (χ2n) is 8.60. The van der Waals surface area contributed by atoms with E-state index in [1.54, 1.807) is 19.5 Å². The van der Waals surface area contributed by atoms with Crippen molar-refractivity contribution >= 4 is 24.9 Å². The molecule has 0 aromatic heterocycles. The lowest BCUT2D eigenvalue weighted by atomic mass is 9.90. The van der Waals surface area contributed by atoms with Crippen LogP contribution in [0.15, 0.2) is 67.5 Å². The number of hydrogen-bond donors (Lipinski definition) is 2. The Morgan fingerprint density at radius 1 is 1.31 bits per heavy atom. The fourth-order valence-corrected chi connectivity index (χ4v) is 3.78. The maximum Gasteiger partial charge on any atom is 0.154 e. The topological polar surface area (TPSA) is 108 Å². The number of nitrogens with zero attached hydrogens (tertiary/aromatic N) is 5. The zero-order valence-electron chi connectivity index (χ0n) is 22.3. The van der Waals surface area contributed by atoms with Gasteiger partial charge in [-0.05, 0) is 42.7 Å². The minimum absolute atomic E-state index is 0.0412. The summed E-state index contributed by atoms with van der Waals surface area (Å²) in [5.74, 6) is 0.154. The number of aliphatic hydroxyl groups is 1. The van der Waals surface area contributed by atoms with Gasteiger partial charge in [0, 0.05) is 44.7 Å². The molecule has 0 aliphatic heterocycles. The van der Waals surface area contributed by atoms with Gasteiger partial charge in [0.05, 0.1) is 12.6 Å². The monoisotopic (exact) mass is 502 g/mol. The van der Waals surface area contributed by atoms with Crippen molar-refractivity contribution in [1.29, 1.82) is 0 Å². The molecule has 0 heterocycles. The van der Waals surface area contributed by atoms with E-state index in [0.717, 1.165) is 36.1 Å². The Morgan fingerprint density at radius 2 is 2.06 bits per heavy atom. The van der Waals surface area contributed by atoms with Crippen molar-refractivity contribution < 1.29 is 14.2 Å². The van der Waals surface area contributed by atoms with Gasteiger partial charge in [0.25, 0.3) is 0 Å². The van der Waals surface area contributed by atoms with E-state index in [4.69, 9.17) is 10.5 Å². The van der Waals surface area contributed by atoms with Gasteiger partial charge in [-0.1, -0.05) is 45.9 Å². The van der Waals surface area contributed by atoms with Crippen LogP contribution in [0, 0.1) is 5.92 Å². The molecule has 9 heteroatoms. The molecule has 0 aromatic carbocycles. The SMILES string of the molecule is C=NN(CCC(O)COC1=C(\F)CC(/C(C/C=N\C(=C)N)=N/C)=C\C/C=C\1C(C)CCC)/N=C\CC. The Kier molecular flexibility index (Phi) is 14.9. The maximum absolute atomic E-state index is 15.7. The maximum atomic E-state index is 15.7. The number of allylic oxidation sites excluding steroid dienone is 5. The molecule has 0 spiro atoms. The number of aliphatic imine (C=N–C) groups is 2. The van der Waals surface area contributed by atoms with Gasteiger partial charge in [-0.3, -0.25) is 4.99 Å². The summed E-state index contributed by atoms with van der Waals surface area (Å²) in [5.41, 5.74) is 7.82. The van der Waals surface area contributed by atoms with Gasteiger partial charge < -0.3 is 15.6 Å². The molecule has 8 nitrogen and oxygen atoms in total. The van der Waals surface area contributed by atoms with Crippen molar-refractivity contribution in [2.45, 2.75) is 71.8 Å². The number of hydrazone groups is 2. The van der Waals surface area contributed by atoms with Gasteiger partial charge in [0.15, 0.2) is 5.76 Å². The van der Waals surface area contributed by atoms with E-state index in [9.17, 15) is 5.11 Å². The summed E-state index contributed by atoms with van der Waals surface area (Å²) in [6.07, 6.45) is 10.6. The first-order valence-corrected chi connectivity index (χ1v) is 12.6. The zero-order chi connectivity index (χ0) is 26.9. The predicted molar refractivity (Wildman–Crippen MR) is 149 cm³/mol. The molecule has 3 N–H and O–H groups in total. The second kappa shape index (κ2) is 17.4. The minimum atomic E-state index is -0.817. The van der Waals surface area contributed by atoms with Crippen molar-refractivity contribution in [1.82, 2.24) is 5.12 Å². The van der Waals surface area contributed by atoms with E-state index >= 15 is 4.39 Å². The number of aliphatic hydroxyl groups excluding tert-OH is 1. The molecule has 1 rings (SSSR count). The van der Waals surface area contributed by atoms with Crippen molar-refractivity contribution in [3.63, 3.8) is 0 Å². The summed E-state index contributed by atoms with van der Waals surface area (Å²) in [5, 5.41) is 19.9. The van der Waals surface area contributed by atoms with E-state index in [2.05, 4.69) is 47.3 Å². The van der Waals surface area contributed by atoms with Crippen LogP contribution in [0.1, 0.15) is 65.7 Å². The van der Waals surface area contributed by atoms with E-state index in [-0.39, 0.29) is 36.4 Å². The number of rotatable bonds is 16. The highest BCUT2D eigenvalue weighted by Crippen LogP contribution is 2.33. The van der Waals surface area contributed by atoms with Crippen LogP contribution in [0.5, 0.6) is 0 Å². The van der Waals surface area contributed by atoms with Gasteiger partial charge in [-0.25, -0.2) is 9.38 Å². The lowest BCUT2D eigenvalue weighted by Crippen LogP contribution is -2.23. The summed E-state index contributed by atoms with van der Waals surface area (Å²) in [7, 11) is 1.67. The van der Waals surface area contributed by atoms with E-state index < -0.39 is 6.10 Å². The smallest absolute Gasteiger partial charge is 0.154 e. The van der Waals surface area contributed by atoms with Crippen LogP contribution in [-0.4, -0.2) is 61.4 Å². The highest BCUT2D eigenvalue weighted by molar-refractivity contribution is 6.07. The van der Waals surface area contributed by atoms with Gasteiger partial charge in [-0.15, -0.1) is 0 Å². The lowest BCUT2D eigenvalue weighted by molar-refractivity contribution is 0.0567. The molecule has 2 unspecified atom stereocenters. The van der Waals surface area contributed by atoms with Crippen molar-refractivity contribution in [2.75, 3.05) is 20.2 Å². The van der Waals surface area contributed by atoms with Gasteiger partial charge in [0.1, 0.15) is 18.3 Å². The molecule has 0 aromatic rings. The highest BCUT2D eigenvalue weighted by Gasteiger charge is 2.23. The highest BCUT2D eigenvalue weighted by atomic mass is 19.1. The van der Waals surface area contributed by atoms with Gasteiger partial charge >= 0.3 is 0 Å². The molecular formula is C27H43FN6O2. The summed E-state index contributed by atoms with van der Waals surface area (Å²) < 4.78 is 21.7. The summed E-state index contributed by atoms with van der Waals surface area (Å²) >= 11 is 0. The summed E-state index contributed by atoms with van der Waals surface area (Å²) in [6.45, 7) is 13.5. The molecule has 0 saturated carbocycles. The molecule has 0 bridgehead atoms. The molecule has 36 heavy (non-hydrogen) atoms. The number of nitrogens with two attached hydrogens (primary N) is 1. The van der Waals surface area contributed by atoms with Crippen LogP contribution in [-0.2, 0) is 4.74 Å². The Labute approximate surface area is 215 Å². The predicted octanol–water partition coefficient (Wildman–Crippen LogP) is 5.29. The Morgan fingerprint density at radius 3 is 2.67 bits per heavy atom. The first-order valence-electron chi connectivity index (χ1n) is 12.6. The van der Waals surface area contributed by atoms with E-state index in [1.807, 2.05) is 19.1 Å². The largest absolute Gasteiger partial charge is 0.488 e. The van der Waals surface area contributed by atoms with Crippen LogP contribution >= 0.6 is 0 Å². The molecule has 0 saturated heterocycles. The number of ether oxygens (including phenoxy) is 1. The Bertz CT molecular complexity index is 904. The fraction of sp³-hybridized carbons (Fsp3) is 0.556. The molecule has 1 aliphatic carbocycles. The molecule has 0 radical (unpaired) electrons. The van der Waals surface area contributed by atoms with Crippen LogP contribution in [0.4, 0.5) is 4.39 Å². The van der Waals surface area contributed by atoms with Crippen molar-refractivity contribution in [3.05, 3.63) is 47.3 Å². The van der Waals surface area contributed by atoms with Crippen LogP contribution in [0.2, 0.25) is 0 Å². The molecular weight excluding hydrogens is 459 g/mol. The molecule has 2 atom stereocenters. The lowest BCUT2D eigenvalue weighted by Gasteiger charge is -2.24. The van der Waals surface area contributed by atoms with Crippen LogP contribution in [0.25, 0.3) is 0 Å². The van der Waals surface area contributed by atoms with Crippen molar-refractivity contribution in [3.8, 4) is 0 Å². The first-order chi connectivity index (χ1) is 17.3. The van der Waals surface area contributed by atoms with Gasteiger partial charge in [-0.2, -0.15) is 15.3 Å². The van der Waals surface area contributed by atoms with E-state index in [1.165, 1.54) is 5.12 Å². The summed E-state index contributed by atoms with van der Waals surface area (Å²) in [6, 6.07) is 0. The number of halogens is 1. The fourth-order valence-electron chi connectivity index (χ4n) is 3.78. The van der Waals surface area contributed by atoms with Crippen LogP contribution in [0.3, 0.4) is 0 Å². The zero-order valence-corrected chi connectivity index (χ0v) is 22.3. The minimum Gasteiger partial charge on any atom is -0.488 e. The van der Waals surface area contributed by atoms with Crippen molar-refractivity contribution in [2.24, 2.45) is 31.8 Å². The Balaban J connectivity index is 3.08. The molecule has 1 aliphatic rings. The second-order valence-corrected chi connectivity index (χ2v) is 8.60. The van der Waals surface area contributed by atoms with E-state index in [0.29, 0.717) is 25.8 Å². The third-order valence-electron chi connectivity index (χ3n) is 5.63. The molecule has 0 fully saturated rings. The average molecular weight is 503 g/mol. The molecule has 0 amide bonds.